The molecule has 4 rings (SSSR count). The standard InChI is InChI=1S/C21H15ClN2O/c22-16-12-10-15(11-13-16)14-23-20-18-8-4-5-9-19(18)24(21(20)25)17-6-2-1-3-7-17/h1-13H,14H2/b23-20-. The summed E-state index contributed by atoms with van der Waals surface area (Å²) in [5.74, 6) is -0.0960. The van der Waals surface area contributed by atoms with Crippen molar-refractivity contribution in [2.45, 2.75) is 6.54 Å². The molecule has 0 spiro atoms. The molecule has 0 bridgehead atoms. The predicted octanol–water partition coefficient (Wildman–Crippen LogP) is 5.01. The van der Waals surface area contributed by atoms with E-state index in [1.54, 1.807) is 4.90 Å². The number of rotatable bonds is 3. The number of aliphatic imine (C=N–C) groups is 1. The van der Waals surface area contributed by atoms with E-state index >= 15 is 0 Å². The smallest absolute Gasteiger partial charge is 0.275 e. The van der Waals surface area contributed by atoms with Crippen LogP contribution < -0.4 is 4.90 Å². The predicted molar refractivity (Wildman–Crippen MR) is 102 cm³/mol. The van der Waals surface area contributed by atoms with Gasteiger partial charge in [-0.3, -0.25) is 14.7 Å². The Morgan fingerprint density at radius 2 is 1.52 bits per heavy atom. The van der Waals surface area contributed by atoms with Crippen molar-refractivity contribution in [1.29, 1.82) is 0 Å². The molecule has 122 valence electrons. The van der Waals surface area contributed by atoms with Crippen LogP contribution in [0.5, 0.6) is 0 Å². The zero-order valence-electron chi connectivity index (χ0n) is 13.4. The van der Waals surface area contributed by atoms with Gasteiger partial charge in [0.1, 0.15) is 5.71 Å². The minimum absolute atomic E-state index is 0.0960. The molecule has 0 fully saturated rings. The minimum atomic E-state index is -0.0960. The molecule has 0 unspecified atom stereocenters. The molecule has 0 saturated heterocycles. The van der Waals surface area contributed by atoms with Crippen LogP contribution in [0.15, 0.2) is 83.9 Å². The normalized spacial score (nSPS) is 14.8. The maximum Gasteiger partial charge on any atom is 0.281 e. The second kappa shape index (κ2) is 6.54. The van der Waals surface area contributed by atoms with Crippen LogP contribution in [-0.2, 0) is 11.3 Å². The van der Waals surface area contributed by atoms with E-state index in [9.17, 15) is 4.79 Å². The highest BCUT2D eigenvalue weighted by Crippen LogP contribution is 2.35. The van der Waals surface area contributed by atoms with E-state index in [-0.39, 0.29) is 5.91 Å². The molecule has 25 heavy (non-hydrogen) atoms. The Morgan fingerprint density at radius 1 is 0.840 bits per heavy atom. The number of nitrogens with zero attached hydrogens (tertiary/aromatic N) is 2. The first kappa shape index (κ1) is 15.6. The Kier molecular flexibility index (Phi) is 4.08. The molecule has 4 heteroatoms. The first-order chi connectivity index (χ1) is 12.2. The minimum Gasteiger partial charge on any atom is -0.275 e. The number of para-hydroxylation sites is 2. The Hall–Kier alpha value is -2.91. The average molecular weight is 347 g/mol. The lowest BCUT2D eigenvalue weighted by atomic mass is 10.1. The van der Waals surface area contributed by atoms with Crippen LogP contribution in [0.2, 0.25) is 5.02 Å². The van der Waals surface area contributed by atoms with Gasteiger partial charge < -0.3 is 0 Å². The van der Waals surface area contributed by atoms with Gasteiger partial charge in [0.25, 0.3) is 5.91 Å². The number of halogens is 1. The molecule has 1 heterocycles. The Balaban J connectivity index is 1.73. The molecule has 0 saturated carbocycles. The molecule has 3 aromatic carbocycles. The molecular formula is C21H15ClN2O. The SMILES string of the molecule is O=C1/C(=N\Cc2ccc(Cl)cc2)c2ccccc2N1c1ccccc1. The first-order valence-corrected chi connectivity index (χ1v) is 8.39. The summed E-state index contributed by atoms with van der Waals surface area (Å²) in [6.45, 7) is 0.440. The highest BCUT2D eigenvalue weighted by atomic mass is 35.5. The zero-order chi connectivity index (χ0) is 17.2. The van der Waals surface area contributed by atoms with Gasteiger partial charge in [0.05, 0.1) is 12.2 Å². The average Bonchev–Trinajstić information content (AvgIpc) is 2.93. The molecule has 0 aliphatic carbocycles. The van der Waals surface area contributed by atoms with Gasteiger partial charge in [0.15, 0.2) is 0 Å². The Morgan fingerprint density at radius 3 is 2.28 bits per heavy atom. The monoisotopic (exact) mass is 346 g/mol. The molecule has 1 aliphatic heterocycles. The van der Waals surface area contributed by atoms with Crippen LogP contribution in [-0.4, -0.2) is 11.6 Å². The lowest BCUT2D eigenvalue weighted by molar-refractivity contribution is -0.111. The van der Waals surface area contributed by atoms with Crippen molar-refractivity contribution in [2.24, 2.45) is 4.99 Å². The summed E-state index contributed by atoms with van der Waals surface area (Å²) in [4.78, 5) is 19.3. The van der Waals surface area contributed by atoms with Gasteiger partial charge in [-0.15, -0.1) is 0 Å². The van der Waals surface area contributed by atoms with Crippen LogP contribution in [0.1, 0.15) is 11.1 Å². The molecular weight excluding hydrogens is 332 g/mol. The zero-order valence-corrected chi connectivity index (χ0v) is 14.1. The van der Waals surface area contributed by atoms with Crippen molar-refractivity contribution in [3.8, 4) is 0 Å². The van der Waals surface area contributed by atoms with Crippen LogP contribution in [0.25, 0.3) is 0 Å². The summed E-state index contributed by atoms with van der Waals surface area (Å²) in [5, 5.41) is 0.689. The number of anilines is 2. The van der Waals surface area contributed by atoms with Gasteiger partial charge in [0.2, 0.25) is 0 Å². The molecule has 3 aromatic rings. The number of carbonyl (C=O) groups is 1. The summed E-state index contributed by atoms with van der Waals surface area (Å²) < 4.78 is 0. The van der Waals surface area contributed by atoms with Crippen molar-refractivity contribution in [3.05, 3.63) is 95.0 Å². The molecule has 3 nitrogen and oxygen atoms in total. The molecule has 0 aromatic heterocycles. The van der Waals surface area contributed by atoms with Crippen LogP contribution in [0.4, 0.5) is 11.4 Å². The lowest BCUT2D eigenvalue weighted by Crippen LogP contribution is -2.25. The molecule has 1 amide bonds. The number of fused-ring (bicyclic) bond motifs is 1. The van der Waals surface area contributed by atoms with Gasteiger partial charge >= 0.3 is 0 Å². The van der Waals surface area contributed by atoms with Gasteiger partial charge in [-0.2, -0.15) is 0 Å². The largest absolute Gasteiger partial charge is 0.281 e. The van der Waals surface area contributed by atoms with E-state index in [0.29, 0.717) is 17.3 Å². The molecule has 0 N–H and O–H groups in total. The van der Waals surface area contributed by atoms with Crippen molar-refractivity contribution < 1.29 is 4.79 Å². The summed E-state index contributed by atoms with van der Waals surface area (Å²) in [6, 6.07) is 24.9. The molecule has 0 atom stereocenters. The lowest BCUT2D eigenvalue weighted by Gasteiger charge is -2.16. The fourth-order valence-electron chi connectivity index (χ4n) is 2.95. The third-order valence-electron chi connectivity index (χ3n) is 4.15. The van der Waals surface area contributed by atoms with E-state index in [4.69, 9.17) is 11.6 Å². The fourth-order valence-corrected chi connectivity index (χ4v) is 3.07. The third-order valence-corrected chi connectivity index (χ3v) is 4.41. The van der Waals surface area contributed by atoms with Crippen molar-refractivity contribution in [1.82, 2.24) is 0 Å². The summed E-state index contributed by atoms with van der Waals surface area (Å²) in [7, 11) is 0. The number of carbonyl (C=O) groups excluding carboxylic acids is 1. The van der Waals surface area contributed by atoms with Crippen molar-refractivity contribution >= 4 is 34.6 Å². The highest BCUT2D eigenvalue weighted by Gasteiger charge is 2.34. The molecule has 0 radical (unpaired) electrons. The van der Waals surface area contributed by atoms with E-state index in [1.807, 2.05) is 78.9 Å². The Labute approximate surface area is 151 Å². The second-order valence-electron chi connectivity index (χ2n) is 5.78. The van der Waals surface area contributed by atoms with Crippen LogP contribution in [0, 0.1) is 0 Å². The number of amides is 1. The van der Waals surface area contributed by atoms with E-state index in [0.717, 1.165) is 22.5 Å². The molecule has 1 aliphatic rings. The van der Waals surface area contributed by atoms with Gasteiger partial charge in [-0.1, -0.05) is 60.1 Å². The number of hydrogen-bond donors (Lipinski definition) is 0. The maximum atomic E-state index is 13.0. The van der Waals surface area contributed by atoms with E-state index in [1.165, 1.54) is 0 Å². The fraction of sp³-hybridized carbons (Fsp3) is 0.0476. The van der Waals surface area contributed by atoms with Crippen LogP contribution in [0.3, 0.4) is 0 Å². The first-order valence-electron chi connectivity index (χ1n) is 8.02. The number of hydrogen-bond acceptors (Lipinski definition) is 2. The summed E-state index contributed by atoms with van der Waals surface area (Å²) in [5.41, 5.74) is 4.09. The topological polar surface area (TPSA) is 32.7 Å². The van der Waals surface area contributed by atoms with Crippen LogP contribution >= 0.6 is 11.6 Å². The van der Waals surface area contributed by atoms with Crippen molar-refractivity contribution in [3.63, 3.8) is 0 Å². The third kappa shape index (κ3) is 2.94. The van der Waals surface area contributed by atoms with Gasteiger partial charge in [-0.25, -0.2) is 0 Å². The Bertz CT molecular complexity index is 949. The highest BCUT2D eigenvalue weighted by molar-refractivity contribution is 6.55. The second-order valence-corrected chi connectivity index (χ2v) is 6.22. The number of benzene rings is 3. The van der Waals surface area contributed by atoms with Gasteiger partial charge in [-0.05, 0) is 35.9 Å². The van der Waals surface area contributed by atoms with Gasteiger partial charge in [0, 0.05) is 16.3 Å². The maximum absolute atomic E-state index is 13.0. The van der Waals surface area contributed by atoms with E-state index < -0.39 is 0 Å². The van der Waals surface area contributed by atoms with Crippen molar-refractivity contribution in [2.75, 3.05) is 4.90 Å². The quantitative estimate of drug-likeness (QED) is 0.656. The summed E-state index contributed by atoms with van der Waals surface area (Å²) >= 11 is 5.92. The van der Waals surface area contributed by atoms with E-state index in [2.05, 4.69) is 4.99 Å². The summed E-state index contributed by atoms with van der Waals surface area (Å²) in [6.07, 6.45) is 0.